The van der Waals surface area contributed by atoms with Crippen LogP contribution in [0.5, 0.6) is 0 Å². The number of nitrogens with one attached hydrogen (secondary N) is 3. The van der Waals surface area contributed by atoms with Crippen molar-refractivity contribution in [1.82, 2.24) is 15.5 Å². The van der Waals surface area contributed by atoms with Crippen molar-refractivity contribution in [3.05, 3.63) is 58.1 Å². The third kappa shape index (κ3) is 5.83. The van der Waals surface area contributed by atoms with Gasteiger partial charge in [-0.25, -0.2) is 0 Å². The van der Waals surface area contributed by atoms with E-state index in [-0.39, 0.29) is 22.5 Å². The van der Waals surface area contributed by atoms with Gasteiger partial charge in [-0.15, -0.1) is 0 Å². The van der Waals surface area contributed by atoms with Crippen molar-refractivity contribution in [2.45, 2.75) is 44.1 Å². The average molecular weight is 519 g/mol. The number of hydrogen-bond acceptors (Lipinski definition) is 3. The van der Waals surface area contributed by atoms with Crippen LogP contribution in [0, 0.1) is 5.92 Å². The molecule has 1 saturated carbocycles. The Balaban J connectivity index is 1.32. The van der Waals surface area contributed by atoms with Crippen LogP contribution in [0.25, 0.3) is 10.9 Å². The Bertz CT molecular complexity index is 1210. The zero-order valence-electron chi connectivity index (χ0n) is 18.2. The van der Waals surface area contributed by atoms with Gasteiger partial charge in [-0.2, -0.15) is 31.4 Å². The number of alkyl halides is 6. The van der Waals surface area contributed by atoms with Crippen molar-refractivity contribution in [3.63, 3.8) is 0 Å². The lowest BCUT2D eigenvalue weighted by atomic mass is 9.86. The zero-order chi connectivity index (χ0) is 25.4. The highest BCUT2D eigenvalue weighted by molar-refractivity contribution is 6.33. The molecule has 35 heavy (non-hydrogen) atoms. The second-order valence-electron chi connectivity index (χ2n) is 8.59. The predicted octanol–water partition coefficient (Wildman–Crippen LogP) is 6.65. The van der Waals surface area contributed by atoms with Crippen molar-refractivity contribution in [2.24, 2.45) is 5.92 Å². The van der Waals surface area contributed by atoms with Crippen molar-refractivity contribution < 1.29 is 31.1 Å². The molecule has 1 aliphatic carbocycles. The average Bonchev–Trinajstić information content (AvgIpc) is 3.20. The molecule has 188 valence electrons. The first-order valence-electron chi connectivity index (χ1n) is 10.9. The minimum atomic E-state index is -4.58. The van der Waals surface area contributed by atoms with Gasteiger partial charge in [0.05, 0.1) is 27.2 Å². The molecule has 3 aromatic rings. The Morgan fingerprint density at radius 1 is 0.971 bits per heavy atom. The molecule has 0 spiro atoms. The summed E-state index contributed by atoms with van der Waals surface area (Å²) in [7, 11) is 0. The summed E-state index contributed by atoms with van der Waals surface area (Å²) in [5.41, 5.74) is -1.45. The van der Waals surface area contributed by atoms with E-state index >= 15 is 0 Å². The molecule has 1 aliphatic rings. The van der Waals surface area contributed by atoms with E-state index in [4.69, 9.17) is 11.6 Å². The minimum absolute atomic E-state index is 0.0618. The highest BCUT2D eigenvalue weighted by Gasteiger charge is 2.33. The lowest BCUT2D eigenvalue weighted by Crippen LogP contribution is -2.38. The first-order chi connectivity index (χ1) is 16.4. The summed E-state index contributed by atoms with van der Waals surface area (Å²) in [6, 6.07) is 5.78. The third-order valence-electron chi connectivity index (χ3n) is 6.17. The first kappa shape index (κ1) is 25.2. The number of carbonyl (C=O) groups is 1. The fourth-order valence-electron chi connectivity index (χ4n) is 4.22. The van der Waals surface area contributed by atoms with Crippen molar-refractivity contribution in [3.8, 4) is 0 Å². The lowest BCUT2D eigenvalue weighted by Gasteiger charge is -2.29. The fourth-order valence-corrected chi connectivity index (χ4v) is 4.42. The summed E-state index contributed by atoms with van der Waals surface area (Å²) < 4.78 is 77.9. The topological polar surface area (TPSA) is 69.8 Å². The maximum absolute atomic E-state index is 13.0. The number of halogens is 7. The molecule has 0 aliphatic heterocycles. The summed E-state index contributed by atoms with van der Waals surface area (Å²) in [6.45, 7) is 0.482. The maximum Gasteiger partial charge on any atom is 0.416 e. The summed E-state index contributed by atoms with van der Waals surface area (Å²) in [6.07, 6.45) is -6.40. The molecule has 0 saturated heterocycles. The van der Waals surface area contributed by atoms with Crippen LogP contribution in [0.1, 0.15) is 47.2 Å². The number of fused-ring (bicyclic) bond motifs is 1. The number of aromatic amines is 1. The Labute approximate surface area is 201 Å². The monoisotopic (exact) mass is 518 g/mol. The van der Waals surface area contributed by atoms with Gasteiger partial charge in [0.1, 0.15) is 0 Å². The van der Waals surface area contributed by atoms with E-state index in [9.17, 15) is 31.1 Å². The summed E-state index contributed by atoms with van der Waals surface area (Å²) >= 11 is 5.94. The second-order valence-corrected chi connectivity index (χ2v) is 9.00. The summed E-state index contributed by atoms with van der Waals surface area (Å²) in [4.78, 5) is 12.5. The largest absolute Gasteiger partial charge is 0.416 e. The number of rotatable bonds is 5. The van der Waals surface area contributed by atoms with Crippen LogP contribution in [0.4, 0.5) is 32.2 Å². The summed E-state index contributed by atoms with van der Waals surface area (Å²) in [5.74, 6) is -0.135. The third-order valence-corrected chi connectivity index (χ3v) is 6.50. The molecule has 3 N–H and O–H groups in total. The number of aromatic nitrogens is 2. The van der Waals surface area contributed by atoms with E-state index in [1.54, 1.807) is 0 Å². The van der Waals surface area contributed by atoms with E-state index in [0.717, 1.165) is 30.3 Å². The molecule has 1 fully saturated rings. The van der Waals surface area contributed by atoms with Gasteiger partial charge in [0, 0.05) is 18.0 Å². The number of carbonyl (C=O) groups excluding carboxylic acids is 1. The zero-order valence-corrected chi connectivity index (χ0v) is 18.9. The van der Waals surface area contributed by atoms with Crippen molar-refractivity contribution in [2.75, 3.05) is 11.9 Å². The normalized spacial score (nSPS) is 19.1. The second kappa shape index (κ2) is 9.60. The SMILES string of the molecule is O=C(N[C@H]1CC[C@H](CNc2n[nH]c3ccc(C(F)(F)F)cc23)CC1)c1cc(C(F)(F)F)ccc1Cl. The van der Waals surface area contributed by atoms with E-state index in [2.05, 4.69) is 20.8 Å². The van der Waals surface area contributed by atoms with Crippen LogP contribution >= 0.6 is 11.6 Å². The predicted molar refractivity (Wildman–Crippen MR) is 119 cm³/mol. The van der Waals surface area contributed by atoms with Gasteiger partial charge in [0.2, 0.25) is 0 Å². The fraction of sp³-hybridized carbons (Fsp3) is 0.391. The van der Waals surface area contributed by atoms with Crippen LogP contribution in [0.15, 0.2) is 36.4 Å². The standard InChI is InChI=1S/C23H21ClF6N4O/c24-18-7-3-13(22(25,26)27)9-16(18)21(35)32-15-5-1-12(2-6-15)11-31-20-17-10-14(23(28,29)30)4-8-19(17)33-34-20/h3-4,7-10,12,15H,1-2,5-6,11H2,(H,32,35)(H2,31,33,34)/t12-,15-. The van der Waals surface area contributed by atoms with Crippen molar-refractivity contribution in [1.29, 1.82) is 0 Å². The molecule has 0 unspecified atom stereocenters. The van der Waals surface area contributed by atoms with E-state index < -0.39 is 29.4 Å². The number of benzene rings is 2. The first-order valence-corrected chi connectivity index (χ1v) is 11.3. The Morgan fingerprint density at radius 3 is 2.26 bits per heavy atom. The number of amides is 1. The molecular weight excluding hydrogens is 498 g/mol. The van der Waals surface area contributed by atoms with Gasteiger partial charge >= 0.3 is 12.4 Å². The number of anilines is 1. The van der Waals surface area contributed by atoms with Crippen LogP contribution in [-0.2, 0) is 12.4 Å². The molecule has 1 aromatic heterocycles. The van der Waals surface area contributed by atoms with Crippen LogP contribution in [-0.4, -0.2) is 28.7 Å². The highest BCUT2D eigenvalue weighted by Crippen LogP contribution is 2.34. The van der Waals surface area contributed by atoms with Crippen LogP contribution in [0.3, 0.4) is 0 Å². The van der Waals surface area contributed by atoms with E-state index in [1.165, 1.54) is 6.07 Å². The quantitative estimate of drug-likeness (QED) is 0.331. The summed E-state index contributed by atoms with van der Waals surface area (Å²) in [5, 5.41) is 12.9. The molecule has 2 aromatic carbocycles. The van der Waals surface area contributed by atoms with Gasteiger partial charge in [0.25, 0.3) is 5.91 Å². The van der Waals surface area contributed by atoms with Crippen LogP contribution < -0.4 is 10.6 Å². The molecule has 4 rings (SSSR count). The lowest BCUT2D eigenvalue weighted by molar-refractivity contribution is -0.138. The number of nitrogens with zero attached hydrogens (tertiary/aromatic N) is 1. The van der Waals surface area contributed by atoms with Gasteiger partial charge in [-0.3, -0.25) is 9.89 Å². The Hall–Kier alpha value is -2.95. The Morgan fingerprint density at radius 2 is 1.60 bits per heavy atom. The number of H-pyrrole nitrogens is 1. The molecule has 0 bridgehead atoms. The smallest absolute Gasteiger partial charge is 0.368 e. The molecule has 1 amide bonds. The van der Waals surface area contributed by atoms with Gasteiger partial charge in [-0.05, 0) is 68.0 Å². The molecule has 12 heteroatoms. The van der Waals surface area contributed by atoms with Gasteiger partial charge < -0.3 is 10.6 Å². The number of hydrogen-bond donors (Lipinski definition) is 3. The van der Waals surface area contributed by atoms with Crippen molar-refractivity contribution >= 4 is 34.2 Å². The molecule has 0 radical (unpaired) electrons. The van der Waals surface area contributed by atoms with Gasteiger partial charge in [-0.1, -0.05) is 11.6 Å². The molecular formula is C23H21ClF6N4O. The van der Waals surface area contributed by atoms with Crippen LogP contribution in [0.2, 0.25) is 5.02 Å². The molecule has 1 heterocycles. The maximum atomic E-state index is 13.0. The van der Waals surface area contributed by atoms with Gasteiger partial charge in [0.15, 0.2) is 5.82 Å². The molecule has 5 nitrogen and oxygen atoms in total. The minimum Gasteiger partial charge on any atom is -0.368 e. The Kier molecular flexibility index (Phi) is 6.90. The van der Waals surface area contributed by atoms with E-state index in [1.807, 2.05) is 0 Å². The highest BCUT2D eigenvalue weighted by atomic mass is 35.5. The van der Waals surface area contributed by atoms with E-state index in [0.29, 0.717) is 48.9 Å². The molecule has 0 atom stereocenters.